The Kier molecular flexibility index (Phi) is 4.46. The maximum atomic E-state index is 6.51. The lowest BCUT2D eigenvalue weighted by molar-refractivity contribution is 0.411. The van der Waals surface area contributed by atoms with Gasteiger partial charge in [-0.3, -0.25) is 0 Å². The molecular formula is C18H23NO. The molecule has 0 radical (unpaired) electrons. The summed E-state index contributed by atoms with van der Waals surface area (Å²) < 4.78 is 5.37. The molecule has 2 rings (SSSR count). The van der Waals surface area contributed by atoms with Crippen molar-refractivity contribution in [3.63, 3.8) is 0 Å². The number of benzene rings is 2. The van der Waals surface area contributed by atoms with E-state index in [4.69, 9.17) is 10.5 Å². The van der Waals surface area contributed by atoms with Crippen LogP contribution < -0.4 is 10.5 Å². The summed E-state index contributed by atoms with van der Waals surface area (Å²) >= 11 is 0. The number of rotatable bonds is 4. The van der Waals surface area contributed by atoms with Crippen LogP contribution in [0.3, 0.4) is 0 Å². The molecular weight excluding hydrogens is 246 g/mol. The molecule has 0 aliphatic rings. The minimum Gasteiger partial charge on any atom is -0.496 e. The highest BCUT2D eigenvalue weighted by molar-refractivity contribution is 5.46. The van der Waals surface area contributed by atoms with Crippen LogP contribution in [0.25, 0.3) is 0 Å². The summed E-state index contributed by atoms with van der Waals surface area (Å²) in [6.07, 6.45) is 0.998. The first-order valence-electron chi connectivity index (χ1n) is 7.07. The van der Waals surface area contributed by atoms with Gasteiger partial charge in [0.05, 0.1) is 13.2 Å². The van der Waals surface area contributed by atoms with E-state index in [1.807, 2.05) is 0 Å². The molecule has 20 heavy (non-hydrogen) atoms. The molecule has 0 saturated carbocycles. The van der Waals surface area contributed by atoms with E-state index in [-0.39, 0.29) is 6.04 Å². The molecule has 2 nitrogen and oxygen atoms in total. The van der Waals surface area contributed by atoms with Crippen molar-refractivity contribution < 1.29 is 4.74 Å². The number of methoxy groups -OCH3 is 1. The molecule has 1 unspecified atom stereocenters. The lowest BCUT2D eigenvalue weighted by Gasteiger charge is -2.20. The van der Waals surface area contributed by atoms with Crippen molar-refractivity contribution in [1.29, 1.82) is 0 Å². The van der Waals surface area contributed by atoms with Gasteiger partial charge in [0.1, 0.15) is 5.75 Å². The largest absolute Gasteiger partial charge is 0.496 e. The minimum absolute atomic E-state index is 0.0873. The van der Waals surface area contributed by atoms with Crippen molar-refractivity contribution in [2.75, 3.05) is 7.11 Å². The summed E-state index contributed by atoms with van der Waals surface area (Å²) in [6, 6.07) is 12.5. The van der Waals surface area contributed by atoms with Crippen LogP contribution in [0, 0.1) is 13.8 Å². The third kappa shape index (κ3) is 2.70. The summed E-state index contributed by atoms with van der Waals surface area (Å²) in [5.41, 5.74) is 12.5. The van der Waals surface area contributed by atoms with Gasteiger partial charge < -0.3 is 10.5 Å². The lowest BCUT2D eigenvalue weighted by Crippen LogP contribution is -2.15. The zero-order chi connectivity index (χ0) is 14.7. The van der Waals surface area contributed by atoms with Crippen LogP contribution in [0.2, 0.25) is 0 Å². The summed E-state index contributed by atoms with van der Waals surface area (Å²) in [7, 11) is 1.70. The number of hydrogen-bond donors (Lipinski definition) is 1. The topological polar surface area (TPSA) is 35.2 Å². The van der Waals surface area contributed by atoms with Crippen molar-refractivity contribution >= 4 is 0 Å². The van der Waals surface area contributed by atoms with E-state index >= 15 is 0 Å². The van der Waals surface area contributed by atoms with E-state index in [2.05, 4.69) is 57.2 Å². The van der Waals surface area contributed by atoms with Gasteiger partial charge in [0, 0.05) is 0 Å². The Morgan fingerprint density at radius 2 is 1.75 bits per heavy atom. The van der Waals surface area contributed by atoms with E-state index in [0.29, 0.717) is 0 Å². The van der Waals surface area contributed by atoms with Crippen molar-refractivity contribution in [3.8, 4) is 5.75 Å². The van der Waals surface area contributed by atoms with Crippen LogP contribution in [0.5, 0.6) is 5.75 Å². The Labute approximate surface area is 121 Å². The fraction of sp³-hybridized carbons (Fsp3) is 0.333. The van der Waals surface area contributed by atoms with Gasteiger partial charge in [0.2, 0.25) is 0 Å². The van der Waals surface area contributed by atoms with E-state index in [0.717, 1.165) is 17.7 Å². The quantitative estimate of drug-likeness (QED) is 0.913. The van der Waals surface area contributed by atoms with Crippen LogP contribution in [-0.4, -0.2) is 7.11 Å². The Bertz CT molecular complexity index is 604. The molecule has 0 aliphatic heterocycles. The number of hydrogen-bond acceptors (Lipinski definition) is 2. The van der Waals surface area contributed by atoms with Gasteiger partial charge in [-0.15, -0.1) is 0 Å². The molecule has 106 valence electrons. The van der Waals surface area contributed by atoms with Crippen LogP contribution in [0.1, 0.15) is 40.8 Å². The normalized spacial score (nSPS) is 12.2. The first-order chi connectivity index (χ1) is 9.58. The maximum absolute atomic E-state index is 6.51. The van der Waals surface area contributed by atoms with Crippen molar-refractivity contribution in [3.05, 3.63) is 64.2 Å². The molecule has 0 aliphatic carbocycles. The van der Waals surface area contributed by atoms with Gasteiger partial charge in [-0.1, -0.05) is 37.3 Å². The standard InChI is InChI=1S/C18H23NO/c1-5-14-8-6-7-9-15(14)18(19)16-10-13(3)17(20-4)11-12(16)2/h6-11,18H,5,19H2,1-4H3. The third-order valence-electron chi connectivity index (χ3n) is 3.89. The first-order valence-corrected chi connectivity index (χ1v) is 7.07. The minimum atomic E-state index is -0.0873. The molecule has 0 saturated heterocycles. The van der Waals surface area contributed by atoms with Gasteiger partial charge >= 0.3 is 0 Å². The third-order valence-corrected chi connectivity index (χ3v) is 3.89. The van der Waals surface area contributed by atoms with E-state index < -0.39 is 0 Å². The van der Waals surface area contributed by atoms with Gasteiger partial charge in [-0.25, -0.2) is 0 Å². The number of aryl methyl sites for hydroxylation is 3. The molecule has 0 aromatic heterocycles. The van der Waals surface area contributed by atoms with Crippen LogP contribution in [0.4, 0.5) is 0 Å². The molecule has 1 atom stereocenters. The van der Waals surface area contributed by atoms with Crippen LogP contribution in [-0.2, 0) is 6.42 Å². The predicted octanol–water partition coefficient (Wildman–Crippen LogP) is 3.92. The van der Waals surface area contributed by atoms with Crippen molar-refractivity contribution in [2.45, 2.75) is 33.2 Å². The van der Waals surface area contributed by atoms with Crippen molar-refractivity contribution in [2.24, 2.45) is 5.73 Å². The van der Waals surface area contributed by atoms with E-state index in [1.165, 1.54) is 22.3 Å². The molecule has 2 N–H and O–H groups in total. The molecule has 2 aromatic carbocycles. The number of ether oxygens (including phenoxy) is 1. The fourth-order valence-electron chi connectivity index (χ4n) is 2.69. The summed E-state index contributed by atoms with van der Waals surface area (Å²) in [5.74, 6) is 0.919. The zero-order valence-corrected chi connectivity index (χ0v) is 12.7. The molecule has 2 aromatic rings. The Morgan fingerprint density at radius 3 is 2.40 bits per heavy atom. The molecule has 0 amide bonds. The van der Waals surface area contributed by atoms with Gasteiger partial charge in [-0.05, 0) is 54.2 Å². The predicted molar refractivity (Wildman–Crippen MR) is 84.3 cm³/mol. The van der Waals surface area contributed by atoms with E-state index in [1.54, 1.807) is 7.11 Å². The number of nitrogens with two attached hydrogens (primary N) is 1. The summed E-state index contributed by atoms with van der Waals surface area (Å²) in [5, 5.41) is 0. The SMILES string of the molecule is CCc1ccccc1C(N)c1cc(C)c(OC)cc1C. The second-order valence-corrected chi connectivity index (χ2v) is 5.21. The highest BCUT2D eigenvalue weighted by atomic mass is 16.5. The van der Waals surface area contributed by atoms with Crippen molar-refractivity contribution in [1.82, 2.24) is 0 Å². The molecule has 2 heteroatoms. The second-order valence-electron chi connectivity index (χ2n) is 5.21. The maximum Gasteiger partial charge on any atom is 0.122 e. The Balaban J connectivity index is 2.48. The monoisotopic (exact) mass is 269 g/mol. The molecule has 0 fully saturated rings. The average molecular weight is 269 g/mol. The Hall–Kier alpha value is -1.80. The molecule has 0 spiro atoms. The van der Waals surface area contributed by atoms with Gasteiger partial charge in [0.15, 0.2) is 0 Å². The lowest BCUT2D eigenvalue weighted by atomic mass is 9.90. The highest BCUT2D eigenvalue weighted by Crippen LogP contribution is 2.30. The van der Waals surface area contributed by atoms with E-state index in [9.17, 15) is 0 Å². The van der Waals surface area contributed by atoms with Gasteiger partial charge in [0.25, 0.3) is 0 Å². The smallest absolute Gasteiger partial charge is 0.122 e. The Morgan fingerprint density at radius 1 is 1.05 bits per heavy atom. The first kappa shape index (κ1) is 14.6. The second kappa shape index (κ2) is 6.10. The highest BCUT2D eigenvalue weighted by Gasteiger charge is 2.16. The van der Waals surface area contributed by atoms with Crippen LogP contribution >= 0.6 is 0 Å². The van der Waals surface area contributed by atoms with Crippen LogP contribution in [0.15, 0.2) is 36.4 Å². The summed E-state index contributed by atoms with van der Waals surface area (Å²) in [6.45, 7) is 6.31. The average Bonchev–Trinajstić information content (AvgIpc) is 2.48. The molecule has 0 heterocycles. The molecule has 0 bridgehead atoms. The fourth-order valence-corrected chi connectivity index (χ4v) is 2.69. The summed E-state index contributed by atoms with van der Waals surface area (Å²) in [4.78, 5) is 0. The van der Waals surface area contributed by atoms with Gasteiger partial charge in [-0.2, -0.15) is 0 Å². The zero-order valence-electron chi connectivity index (χ0n) is 12.7.